The number of rotatable bonds is 5. The van der Waals surface area contributed by atoms with Crippen molar-refractivity contribution >= 4 is 42.1 Å². The standard InChI is InChI=1S/C17H27N3O2S.2ClH/c1-13-4-7-20(8-5-13)14(16-3-2-10-23-16)11-19-17(21)15-12-18-6-9-22-15;;/h2-3,10,13-15,18H,4-9,11-12H2,1H3,(H,19,21);2*1H. The highest BCUT2D eigenvalue weighted by atomic mass is 35.5. The minimum Gasteiger partial charge on any atom is -0.366 e. The van der Waals surface area contributed by atoms with Crippen LogP contribution < -0.4 is 10.6 Å². The molecular weight excluding hydrogens is 381 g/mol. The van der Waals surface area contributed by atoms with Gasteiger partial charge in [0.15, 0.2) is 0 Å². The summed E-state index contributed by atoms with van der Waals surface area (Å²) in [4.78, 5) is 16.2. The number of nitrogens with zero attached hydrogens (tertiary/aromatic N) is 1. The van der Waals surface area contributed by atoms with Crippen molar-refractivity contribution in [3.63, 3.8) is 0 Å². The van der Waals surface area contributed by atoms with Crippen molar-refractivity contribution < 1.29 is 9.53 Å². The predicted molar refractivity (Wildman–Crippen MR) is 107 cm³/mol. The number of hydrogen-bond donors (Lipinski definition) is 2. The lowest BCUT2D eigenvalue weighted by Crippen LogP contribution is -2.49. The third-order valence-corrected chi connectivity index (χ3v) is 5.79. The van der Waals surface area contributed by atoms with Gasteiger partial charge in [0, 0.05) is 24.5 Å². The van der Waals surface area contributed by atoms with Gasteiger partial charge in [0.05, 0.1) is 12.6 Å². The van der Waals surface area contributed by atoms with Crippen LogP contribution in [-0.4, -0.2) is 56.2 Å². The van der Waals surface area contributed by atoms with Crippen LogP contribution in [0.1, 0.15) is 30.7 Å². The molecule has 8 heteroatoms. The van der Waals surface area contributed by atoms with Crippen LogP contribution >= 0.6 is 36.2 Å². The molecule has 5 nitrogen and oxygen atoms in total. The summed E-state index contributed by atoms with van der Waals surface area (Å²) in [6, 6.07) is 4.55. The topological polar surface area (TPSA) is 53.6 Å². The summed E-state index contributed by atoms with van der Waals surface area (Å²) < 4.78 is 5.54. The summed E-state index contributed by atoms with van der Waals surface area (Å²) in [5.41, 5.74) is 0. The van der Waals surface area contributed by atoms with E-state index in [1.165, 1.54) is 17.7 Å². The Hall–Kier alpha value is -0.370. The Balaban J connectivity index is 0.00000156. The van der Waals surface area contributed by atoms with Crippen LogP contribution in [0, 0.1) is 5.92 Å². The summed E-state index contributed by atoms with van der Waals surface area (Å²) in [6.45, 7) is 7.25. The molecule has 2 aliphatic heterocycles. The van der Waals surface area contributed by atoms with E-state index in [1.54, 1.807) is 11.3 Å². The third-order valence-electron chi connectivity index (χ3n) is 4.82. The Bertz CT molecular complexity index is 490. The van der Waals surface area contributed by atoms with E-state index in [2.05, 4.69) is 40.0 Å². The number of ether oxygens (including phenoxy) is 1. The molecule has 1 aromatic rings. The van der Waals surface area contributed by atoms with Gasteiger partial charge in [-0.3, -0.25) is 9.69 Å². The smallest absolute Gasteiger partial charge is 0.250 e. The summed E-state index contributed by atoms with van der Waals surface area (Å²) in [5.74, 6) is 0.815. The molecule has 0 aromatic carbocycles. The highest BCUT2D eigenvalue weighted by molar-refractivity contribution is 7.10. The SMILES string of the molecule is CC1CCN(C(CNC(=O)C2CNCCO2)c2cccs2)CC1.Cl.Cl. The molecule has 2 atom stereocenters. The Morgan fingerprint density at radius 3 is 2.80 bits per heavy atom. The number of thiophene rings is 1. The average molecular weight is 410 g/mol. The zero-order valence-corrected chi connectivity index (χ0v) is 17.1. The summed E-state index contributed by atoms with van der Waals surface area (Å²) >= 11 is 1.78. The summed E-state index contributed by atoms with van der Waals surface area (Å²) in [6.07, 6.45) is 2.13. The summed E-state index contributed by atoms with van der Waals surface area (Å²) in [7, 11) is 0. The molecule has 0 radical (unpaired) electrons. The third kappa shape index (κ3) is 6.38. The highest BCUT2D eigenvalue weighted by Gasteiger charge is 2.27. The van der Waals surface area contributed by atoms with E-state index in [0.717, 1.165) is 25.6 Å². The molecule has 25 heavy (non-hydrogen) atoms. The van der Waals surface area contributed by atoms with Crippen LogP contribution in [0.5, 0.6) is 0 Å². The fraction of sp³-hybridized carbons (Fsp3) is 0.706. The van der Waals surface area contributed by atoms with Crippen molar-refractivity contribution in [2.24, 2.45) is 5.92 Å². The highest BCUT2D eigenvalue weighted by Crippen LogP contribution is 2.29. The number of piperidine rings is 1. The zero-order chi connectivity index (χ0) is 16.1. The zero-order valence-electron chi connectivity index (χ0n) is 14.6. The first-order valence-corrected chi connectivity index (χ1v) is 9.49. The second kappa shape index (κ2) is 11.4. The normalized spacial score (nSPS) is 23.2. The number of morpholine rings is 1. The number of amides is 1. The van der Waals surface area contributed by atoms with Crippen molar-refractivity contribution in [2.45, 2.75) is 31.9 Å². The molecule has 2 fully saturated rings. The lowest BCUT2D eigenvalue weighted by Gasteiger charge is -2.36. The van der Waals surface area contributed by atoms with Crippen LogP contribution in [0.2, 0.25) is 0 Å². The molecule has 0 spiro atoms. The first-order valence-electron chi connectivity index (χ1n) is 8.61. The fourth-order valence-electron chi connectivity index (χ4n) is 3.28. The molecule has 1 aromatic heterocycles. The molecule has 2 unspecified atom stereocenters. The molecule has 3 rings (SSSR count). The molecule has 2 N–H and O–H groups in total. The number of halogens is 2. The van der Waals surface area contributed by atoms with Gasteiger partial charge in [-0.15, -0.1) is 36.2 Å². The second-order valence-electron chi connectivity index (χ2n) is 6.56. The van der Waals surface area contributed by atoms with Gasteiger partial charge in [0.25, 0.3) is 5.91 Å². The van der Waals surface area contributed by atoms with E-state index in [-0.39, 0.29) is 42.9 Å². The van der Waals surface area contributed by atoms with Crippen molar-refractivity contribution in [3.05, 3.63) is 22.4 Å². The lowest BCUT2D eigenvalue weighted by atomic mass is 9.97. The Labute approximate surface area is 166 Å². The van der Waals surface area contributed by atoms with E-state index in [4.69, 9.17) is 4.74 Å². The van der Waals surface area contributed by atoms with Gasteiger partial charge in [0.2, 0.25) is 0 Å². The van der Waals surface area contributed by atoms with Crippen LogP contribution in [0.3, 0.4) is 0 Å². The molecule has 144 valence electrons. The number of likely N-dealkylation sites (tertiary alicyclic amines) is 1. The van der Waals surface area contributed by atoms with Crippen molar-refractivity contribution in [1.82, 2.24) is 15.5 Å². The number of carbonyl (C=O) groups is 1. The van der Waals surface area contributed by atoms with Gasteiger partial charge in [-0.25, -0.2) is 0 Å². The number of hydrogen-bond acceptors (Lipinski definition) is 5. The fourth-order valence-corrected chi connectivity index (χ4v) is 4.14. The van der Waals surface area contributed by atoms with Crippen LogP contribution in [-0.2, 0) is 9.53 Å². The molecule has 2 aliphatic rings. The maximum absolute atomic E-state index is 12.3. The maximum Gasteiger partial charge on any atom is 0.250 e. The average Bonchev–Trinajstić information content (AvgIpc) is 3.11. The molecule has 1 amide bonds. The second-order valence-corrected chi connectivity index (χ2v) is 7.54. The molecular formula is C17H29Cl2N3O2S. The number of carbonyl (C=O) groups excluding carboxylic acids is 1. The van der Waals surface area contributed by atoms with E-state index >= 15 is 0 Å². The largest absolute Gasteiger partial charge is 0.366 e. The number of nitrogens with one attached hydrogen (secondary N) is 2. The Morgan fingerprint density at radius 1 is 1.44 bits per heavy atom. The molecule has 3 heterocycles. The van der Waals surface area contributed by atoms with Gasteiger partial charge in [-0.2, -0.15) is 0 Å². The first kappa shape index (κ1) is 22.7. The predicted octanol–water partition coefficient (Wildman–Crippen LogP) is 2.47. The van der Waals surface area contributed by atoms with Gasteiger partial charge >= 0.3 is 0 Å². The van der Waals surface area contributed by atoms with E-state index < -0.39 is 0 Å². The quantitative estimate of drug-likeness (QED) is 0.783. The minimum absolute atomic E-state index is 0. The van der Waals surface area contributed by atoms with Crippen LogP contribution in [0.15, 0.2) is 17.5 Å². The van der Waals surface area contributed by atoms with E-state index in [1.807, 2.05) is 0 Å². The van der Waals surface area contributed by atoms with E-state index in [9.17, 15) is 4.79 Å². The van der Waals surface area contributed by atoms with Crippen molar-refractivity contribution in [1.29, 1.82) is 0 Å². The maximum atomic E-state index is 12.3. The van der Waals surface area contributed by atoms with Gasteiger partial charge in [-0.05, 0) is 43.3 Å². The summed E-state index contributed by atoms with van der Waals surface area (Å²) in [5, 5.41) is 8.43. The molecule has 2 saturated heterocycles. The van der Waals surface area contributed by atoms with Gasteiger partial charge < -0.3 is 15.4 Å². The van der Waals surface area contributed by atoms with Gasteiger partial charge in [-0.1, -0.05) is 13.0 Å². The van der Waals surface area contributed by atoms with Crippen LogP contribution in [0.25, 0.3) is 0 Å². The molecule has 0 saturated carbocycles. The first-order chi connectivity index (χ1) is 11.2. The van der Waals surface area contributed by atoms with E-state index in [0.29, 0.717) is 19.7 Å². The Morgan fingerprint density at radius 2 is 2.20 bits per heavy atom. The Kier molecular flexibility index (Phi) is 10.3. The molecule has 0 aliphatic carbocycles. The monoisotopic (exact) mass is 409 g/mol. The van der Waals surface area contributed by atoms with Crippen LogP contribution in [0.4, 0.5) is 0 Å². The van der Waals surface area contributed by atoms with Crippen molar-refractivity contribution in [3.8, 4) is 0 Å². The minimum atomic E-state index is -0.353. The molecule has 0 bridgehead atoms. The van der Waals surface area contributed by atoms with Crippen molar-refractivity contribution in [2.75, 3.05) is 39.3 Å². The van der Waals surface area contributed by atoms with Gasteiger partial charge in [0.1, 0.15) is 6.10 Å². The lowest BCUT2D eigenvalue weighted by molar-refractivity contribution is -0.134.